The summed E-state index contributed by atoms with van der Waals surface area (Å²) in [5, 5.41) is 5.07. The van der Waals surface area contributed by atoms with Gasteiger partial charge in [0.25, 0.3) is 0 Å². The van der Waals surface area contributed by atoms with Crippen LogP contribution in [-0.2, 0) is 5.41 Å². The highest BCUT2D eigenvalue weighted by molar-refractivity contribution is 6.22. The van der Waals surface area contributed by atoms with Crippen LogP contribution in [0.5, 0.6) is 0 Å². The zero-order chi connectivity index (χ0) is 42.1. The van der Waals surface area contributed by atoms with Crippen molar-refractivity contribution in [1.29, 1.82) is 0 Å². The van der Waals surface area contributed by atoms with Crippen molar-refractivity contribution in [3.63, 3.8) is 0 Å². The molecule has 0 saturated carbocycles. The topological polar surface area (TPSA) is 8.17 Å². The summed E-state index contributed by atoms with van der Waals surface area (Å²) >= 11 is 0. The first-order valence-corrected chi connectivity index (χ1v) is 21.9. The third-order valence-electron chi connectivity index (χ3n) is 13.4. The van der Waals surface area contributed by atoms with Gasteiger partial charge in [0, 0.05) is 38.9 Å². The van der Waals surface area contributed by atoms with Crippen molar-refractivity contribution in [2.75, 3.05) is 4.90 Å². The van der Waals surface area contributed by atoms with Gasteiger partial charge in [-0.2, -0.15) is 0 Å². The van der Waals surface area contributed by atoms with E-state index in [1.165, 1.54) is 93.9 Å². The van der Waals surface area contributed by atoms with Crippen molar-refractivity contribution >= 4 is 49.6 Å². The number of hydrogen-bond donors (Lipinski definition) is 0. The molecule has 1 heterocycles. The number of anilines is 3. The maximum absolute atomic E-state index is 2.41. The second kappa shape index (κ2) is 14.6. The Balaban J connectivity index is 0.933. The highest BCUT2D eigenvalue weighted by Crippen LogP contribution is 2.51. The summed E-state index contributed by atoms with van der Waals surface area (Å²) in [4.78, 5) is 2.40. The van der Waals surface area contributed by atoms with Crippen LogP contribution in [0, 0.1) is 0 Å². The van der Waals surface area contributed by atoms with Crippen molar-refractivity contribution in [1.82, 2.24) is 4.57 Å². The Morgan fingerprint density at radius 2 is 0.889 bits per heavy atom. The molecule has 1 aliphatic carbocycles. The van der Waals surface area contributed by atoms with E-state index in [0.717, 1.165) is 17.1 Å². The molecule has 0 atom stereocenters. The monoisotopic (exact) mass is 804 g/mol. The lowest BCUT2D eigenvalue weighted by molar-refractivity contribution is 0.660. The lowest BCUT2D eigenvalue weighted by Crippen LogP contribution is -2.16. The van der Waals surface area contributed by atoms with Gasteiger partial charge >= 0.3 is 0 Å². The van der Waals surface area contributed by atoms with Crippen molar-refractivity contribution in [2.45, 2.75) is 19.3 Å². The molecule has 0 N–H and O–H groups in total. The molecule has 2 nitrogen and oxygen atoms in total. The normalized spacial score (nSPS) is 12.7. The van der Waals surface area contributed by atoms with Gasteiger partial charge in [0.1, 0.15) is 0 Å². The second-order valence-electron chi connectivity index (χ2n) is 17.4. The van der Waals surface area contributed by atoms with Crippen LogP contribution in [0.3, 0.4) is 0 Å². The Morgan fingerprint density at radius 3 is 1.65 bits per heavy atom. The van der Waals surface area contributed by atoms with E-state index in [-0.39, 0.29) is 5.41 Å². The molecule has 0 fully saturated rings. The van der Waals surface area contributed by atoms with Crippen molar-refractivity contribution < 1.29 is 0 Å². The number of fused-ring (bicyclic) bond motifs is 8. The van der Waals surface area contributed by atoms with Crippen molar-refractivity contribution in [3.8, 4) is 50.2 Å². The molecular weight excluding hydrogens is 761 g/mol. The van der Waals surface area contributed by atoms with E-state index in [2.05, 4.69) is 254 Å². The molecule has 0 unspecified atom stereocenters. The third-order valence-corrected chi connectivity index (χ3v) is 13.4. The molecule has 0 amide bonds. The molecular formula is C61H44N2. The van der Waals surface area contributed by atoms with E-state index in [0.29, 0.717) is 0 Å². The van der Waals surface area contributed by atoms with Crippen LogP contribution in [0.2, 0.25) is 0 Å². The number of hydrogen-bond acceptors (Lipinski definition) is 1. The summed E-state index contributed by atoms with van der Waals surface area (Å²) in [5.74, 6) is 0. The summed E-state index contributed by atoms with van der Waals surface area (Å²) < 4.78 is 2.41. The van der Waals surface area contributed by atoms with Crippen molar-refractivity contribution in [3.05, 3.63) is 242 Å². The molecule has 11 aromatic rings. The lowest BCUT2D eigenvalue weighted by Gasteiger charge is -2.28. The number of para-hydroxylation sites is 1. The zero-order valence-corrected chi connectivity index (χ0v) is 35.3. The second-order valence-corrected chi connectivity index (χ2v) is 17.4. The molecule has 12 rings (SSSR count). The van der Waals surface area contributed by atoms with E-state index in [1.807, 2.05) is 0 Å². The fourth-order valence-corrected chi connectivity index (χ4v) is 10.2. The minimum absolute atomic E-state index is 0.100. The van der Waals surface area contributed by atoms with Crippen LogP contribution in [0.25, 0.3) is 82.8 Å². The van der Waals surface area contributed by atoms with Crippen LogP contribution in [-0.4, -0.2) is 4.57 Å². The highest BCUT2D eigenvalue weighted by Gasteiger charge is 2.35. The van der Waals surface area contributed by atoms with Crippen LogP contribution < -0.4 is 4.90 Å². The average molecular weight is 805 g/mol. The number of aromatic nitrogens is 1. The summed E-state index contributed by atoms with van der Waals surface area (Å²) in [6, 6.07) is 84.5. The molecule has 2 heteroatoms. The molecule has 0 aliphatic heterocycles. The van der Waals surface area contributed by atoms with Crippen LogP contribution in [0.1, 0.15) is 25.0 Å². The molecule has 0 radical (unpaired) electrons. The van der Waals surface area contributed by atoms with Crippen LogP contribution >= 0.6 is 0 Å². The minimum Gasteiger partial charge on any atom is -0.310 e. The third kappa shape index (κ3) is 6.09. The summed E-state index contributed by atoms with van der Waals surface area (Å²) in [7, 11) is 0. The van der Waals surface area contributed by atoms with Gasteiger partial charge in [-0.05, 0) is 139 Å². The lowest BCUT2D eigenvalue weighted by atomic mass is 9.82. The number of benzene rings is 10. The predicted molar refractivity (Wildman–Crippen MR) is 267 cm³/mol. The van der Waals surface area contributed by atoms with Gasteiger partial charge in [0.15, 0.2) is 0 Å². The molecule has 0 bridgehead atoms. The van der Waals surface area contributed by atoms with Crippen molar-refractivity contribution in [2.24, 2.45) is 0 Å². The maximum Gasteiger partial charge on any atom is 0.0547 e. The first-order valence-electron chi connectivity index (χ1n) is 21.9. The fraction of sp³-hybridized carbons (Fsp3) is 0.0492. The molecule has 298 valence electrons. The smallest absolute Gasteiger partial charge is 0.0547 e. The van der Waals surface area contributed by atoms with Gasteiger partial charge < -0.3 is 9.47 Å². The molecule has 0 spiro atoms. The van der Waals surface area contributed by atoms with Gasteiger partial charge in [-0.1, -0.05) is 172 Å². The molecule has 0 saturated heterocycles. The van der Waals surface area contributed by atoms with Crippen LogP contribution in [0.15, 0.2) is 231 Å². The molecule has 1 aliphatic rings. The Bertz CT molecular complexity index is 3500. The van der Waals surface area contributed by atoms with E-state index in [4.69, 9.17) is 0 Å². The average Bonchev–Trinajstić information content (AvgIpc) is 3.80. The standard InChI is InChI=1S/C61H44N2/c1-61(2)56-23-12-11-22-53(56)54-35-34-51(40-57(54)61)62(49-30-24-42(25-31-49)41-14-5-3-6-15-41)50-32-26-43(27-33-50)45-17-13-18-46(38-45)47-29-36-58-55(39-47)60-52-21-10-9-16-44(52)28-37-59(60)63(58)48-19-7-4-8-20-48/h3-40H,1-2H3. The van der Waals surface area contributed by atoms with E-state index >= 15 is 0 Å². The maximum atomic E-state index is 2.41. The Morgan fingerprint density at radius 1 is 0.349 bits per heavy atom. The van der Waals surface area contributed by atoms with E-state index < -0.39 is 0 Å². The van der Waals surface area contributed by atoms with Gasteiger partial charge in [-0.25, -0.2) is 0 Å². The summed E-state index contributed by atoms with van der Waals surface area (Å²) in [6.07, 6.45) is 0. The zero-order valence-electron chi connectivity index (χ0n) is 35.3. The highest BCUT2D eigenvalue weighted by atomic mass is 15.1. The predicted octanol–water partition coefficient (Wildman–Crippen LogP) is 16.7. The van der Waals surface area contributed by atoms with Crippen LogP contribution in [0.4, 0.5) is 17.1 Å². The Labute approximate surface area is 368 Å². The minimum atomic E-state index is -0.100. The Hall–Kier alpha value is -7.94. The Kier molecular flexibility index (Phi) is 8.55. The summed E-state index contributed by atoms with van der Waals surface area (Å²) in [6.45, 7) is 4.71. The fourth-order valence-electron chi connectivity index (χ4n) is 10.2. The quantitative estimate of drug-likeness (QED) is 0.156. The van der Waals surface area contributed by atoms with Gasteiger partial charge in [-0.15, -0.1) is 0 Å². The largest absolute Gasteiger partial charge is 0.310 e. The van der Waals surface area contributed by atoms with Gasteiger partial charge in [0.05, 0.1) is 11.0 Å². The van der Waals surface area contributed by atoms with Gasteiger partial charge in [0.2, 0.25) is 0 Å². The summed E-state index contributed by atoms with van der Waals surface area (Å²) in [5.41, 5.74) is 19.5. The first kappa shape index (κ1) is 36.9. The van der Waals surface area contributed by atoms with E-state index in [9.17, 15) is 0 Å². The first-order chi connectivity index (χ1) is 31.0. The molecule has 10 aromatic carbocycles. The number of rotatable bonds is 7. The van der Waals surface area contributed by atoms with Gasteiger partial charge in [-0.3, -0.25) is 0 Å². The SMILES string of the molecule is CC1(C)c2ccccc2-c2ccc(N(c3ccc(-c4ccccc4)cc3)c3ccc(-c4cccc(-c5ccc6c(c5)c5c7ccccc7ccc5n6-c5ccccc5)c4)cc3)cc21. The number of nitrogens with zero attached hydrogens (tertiary/aromatic N) is 2. The molecule has 63 heavy (non-hydrogen) atoms. The van der Waals surface area contributed by atoms with E-state index in [1.54, 1.807) is 0 Å². The molecule has 1 aromatic heterocycles.